The maximum absolute atomic E-state index is 13.1. The van der Waals surface area contributed by atoms with E-state index in [1.165, 1.54) is 39.3 Å². The van der Waals surface area contributed by atoms with E-state index in [0.717, 1.165) is 0 Å². The van der Waals surface area contributed by atoms with E-state index in [1.54, 1.807) is 0 Å². The molecule has 158 valence electrons. The second-order valence-electron chi connectivity index (χ2n) is 4.99. The van der Waals surface area contributed by atoms with Crippen LogP contribution in [0.1, 0.15) is 12.0 Å². The standard InChI is InChI=1S/C14H15F2N3O5.2CH5N/c1-18-13(22)8(6-10(17)20)19-11(21)5-7-3-2-4-9-12(7)24-14(15,16)23-9;2*1-2/h2-4,8H,5-6H2,1H3,(H2,17,20)(H,18,22)(H,19,21);2*2H2,1H3/t8-;;/m0../s1. The molecular formula is C16H25F2N5O5. The molecule has 1 heterocycles. The lowest BCUT2D eigenvalue weighted by atomic mass is 10.1. The first-order valence-electron chi connectivity index (χ1n) is 8.04. The first-order chi connectivity index (χ1) is 13.2. The Hall–Kier alpha value is -2.99. The van der Waals surface area contributed by atoms with Gasteiger partial charge in [0.1, 0.15) is 6.04 Å². The number of alkyl halides is 2. The van der Waals surface area contributed by atoms with Gasteiger partial charge in [0.15, 0.2) is 11.5 Å². The fraction of sp³-hybridized carbons (Fsp3) is 0.438. The summed E-state index contributed by atoms with van der Waals surface area (Å²) in [5.41, 5.74) is 14.2. The molecule has 1 atom stereocenters. The lowest BCUT2D eigenvalue weighted by Crippen LogP contribution is -2.48. The molecule has 12 heteroatoms. The third kappa shape index (κ3) is 7.32. The summed E-state index contributed by atoms with van der Waals surface area (Å²) >= 11 is 0. The van der Waals surface area contributed by atoms with Crippen LogP contribution in [-0.4, -0.2) is 51.2 Å². The zero-order valence-electron chi connectivity index (χ0n) is 15.8. The van der Waals surface area contributed by atoms with E-state index in [-0.39, 0.29) is 23.5 Å². The number of rotatable bonds is 6. The minimum Gasteiger partial charge on any atom is -0.395 e. The zero-order chi connectivity index (χ0) is 21.9. The van der Waals surface area contributed by atoms with E-state index in [2.05, 4.69) is 31.6 Å². The van der Waals surface area contributed by atoms with Gasteiger partial charge in [0.25, 0.3) is 0 Å². The van der Waals surface area contributed by atoms with Crippen molar-refractivity contribution in [3.05, 3.63) is 23.8 Å². The lowest BCUT2D eigenvalue weighted by Gasteiger charge is -2.16. The molecule has 0 spiro atoms. The number of benzene rings is 1. The smallest absolute Gasteiger partial charge is 0.395 e. The number of hydrogen-bond acceptors (Lipinski definition) is 7. The van der Waals surface area contributed by atoms with Crippen molar-refractivity contribution in [2.24, 2.45) is 17.2 Å². The Labute approximate surface area is 160 Å². The number of ether oxygens (including phenoxy) is 2. The summed E-state index contributed by atoms with van der Waals surface area (Å²) in [6.07, 6.45) is -4.55. The second kappa shape index (κ2) is 11.7. The molecule has 28 heavy (non-hydrogen) atoms. The number of primary amides is 1. The van der Waals surface area contributed by atoms with Crippen molar-refractivity contribution in [2.75, 3.05) is 21.1 Å². The summed E-state index contributed by atoms with van der Waals surface area (Å²) in [5, 5.41) is 4.61. The highest BCUT2D eigenvalue weighted by atomic mass is 19.3. The molecule has 0 radical (unpaired) electrons. The van der Waals surface area contributed by atoms with E-state index < -0.39 is 36.5 Å². The first-order valence-corrected chi connectivity index (χ1v) is 8.04. The van der Waals surface area contributed by atoms with E-state index >= 15 is 0 Å². The molecule has 0 aliphatic carbocycles. The summed E-state index contributed by atoms with van der Waals surface area (Å²) in [4.78, 5) is 34.7. The van der Waals surface area contributed by atoms with Crippen molar-refractivity contribution < 1.29 is 32.6 Å². The zero-order valence-corrected chi connectivity index (χ0v) is 15.8. The fourth-order valence-electron chi connectivity index (χ4n) is 2.17. The van der Waals surface area contributed by atoms with Gasteiger partial charge in [-0.3, -0.25) is 14.4 Å². The Morgan fingerprint density at radius 3 is 2.29 bits per heavy atom. The van der Waals surface area contributed by atoms with Gasteiger partial charge < -0.3 is 37.3 Å². The maximum atomic E-state index is 13.1. The number of likely N-dealkylation sites (N-methyl/N-ethyl adjacent to an activating group) is 1. The maximum Gasteiger partial charge on any atom is 0.586 e. The number of nitrogens with one attached hydrogen (secondary N) is 2. The van der Waals surface area contributed by atoms with Gasteiger partial charge in [-0.25, -0.2) is 0 Å². The number of fused-ring (bicyclic) bond motifs is 1. The number of carbonyl (C=O) groups is 3. The Kier molecular flexibility index (Phi) is 10.4. The molecule has 10 nitrogen and oxygen atoms in total. The highest BCUT2D eigenvalue weighted by Crippen LogP contribution is 2.43. The predicted molar refractivity (Wildman–Crippen MR) is 96.4 cm³/mol. The van der Waals surface area contributed by atoms with E-state index in [4.69, 9.17) is 5.73 Å². The van der Waals surface area contributed by atoms with Crippen molar-refractivity contribution in [3.8, 4) is 11.5 Å². The largest absolute Gasteiger partial charge is 0.586 e. The van der Waals surface area contributed by atoms with E-state index in [0.29, 0.717) is 0 Å². The van der Waals surface area contributed by atoms with Crippen molar-refractivity contribution >= 4 is 17.7 Å². The van der Waals surface area contributed by atoms with Crippen LogP contribution in [0.15, 0.2) is 18.2 Å². The van der Waals surface area contributed by atoms with Crippen molar-refractivity contribution in [1.29, 1.82) is 0 Å². The highest BCUT2D eigenvalue weighted by molar-refractivity contribution is 5.92. The summed E-state index contributed by atoms with van der Waals surface area (Å²) in [7, 11) is 4.33. The molecule has 0 unspecified atom stereocenters. The van der Waals surface area contributed by atoms with Gasteiger partial charge in [0.2, 0.25) is 17.7 Å². The second-order valence-corrected chi connectivity index (χ2v) is 4.99. The number of nitrogens with two attached hydrogens (primary N) is 3. The first kappa shape index (κ1) is 25.0. The van der Waals surface area contributed by atoms with Crippen LogP contribution in [0.4, 0.5) is 8.78 Å². The summed E-state index contributed by atoms with van der Waals surface area (Å²) in [5.74, 6) is -2.49. The van der Waals surface area contributed by atoms with Crippen LogP contribution >= 0.6 is 0 Å². The third-order valence-electron chi connectivity index (χ3n) is 3.16. The van der Waals surface area contributed by atoms with Crippen LogP contribution in [0.3, 0.4) is 0 Å². The predicted octanol–water partition coefficient (Wildman–Crippen LogP) is -1.19. The van der Waals surface area contributed by atoms with Gasteiger partial charge in [0, 0.05) is 12.6 Å². The Morgan fingerprint density at radius 2 is 1.75 bits per heavy atom. The average molecular weight is 405 g/mol. The van der Waals surface area contributed by atoms with Crippen molar-refractivity contribution in [3.63, 3.8) is 0 Å². The van der Waals surface area contributed by atoms with Crippen LogP contribution < -0.4 is 37.3 Å². The van der Waals surface area contributed by atoms with Gasteiger partial charge >= 0.3 is 6.29 Å². The fourth-order valence-corrected chi connectivity index (χ4v) is 2.17. The summed E-state index contributed by atoms with van der Waals surface area (Å²) in [6, 6.07) is 2.95. The number of carbonyl (C=O) groups excluding carboxylic acids is 3. The van der Waals surface area contributed by atoms with Crippen LogP contribution in [-0.2, 0) is 20.8 Å². The van der Waals surface area contributed by atoms with Crippen LogP contribution in [0, 0.1) is 0 Å². The van der Waals surface area contributed by atoms with Crippen LogP contribution in [0.5, 0.6) is 11.5 Å². The monoisotopic (exact) mass is 405 g/mol. The number of halogens is 2. The molecule has 3 amide bonds. The number of amides is 3. The van der Waals surface area contributed by atoms with Gasteiger partial charge in [0.05, 0.1) is 12.8 Å². The Balaban J connectivity index is 0.00000171. The number of hydrogen-bond donors (Lipinski definition) is 5. The SMILES string of the molecule is CN.CN.CNC(=O)[C@H](CC(N)=O)NC(=O)Cc1cccc2c1OC(F)(F)O2. The third-order valence-corrected chi connectivity index (χ3v) is 3.16. The van der Waals surface area contributed by atoms with E-state index in [1.807, 2.05) is 0 Å². The van der Waals surface area contributed by atoms with Crippen LogP contribution in [0.2, 0.25) is 0 Å². The molecule has 8 N–H and O–H groups in total. The molecule has 1 aromatic carbocycles. The molecule has 0 saturated heterocycles. The van der Waals surface area contributed by atoms with Gasteiger partial charge in [-0.2, -0.15) is 0 Å². The normalized spacial score (nSPS) is 13.7. The minimum absolute atomic E-state index is 0.150. The lowest BCUT2D eigenvalue weighted by molar-refractivity contribution is -0.287. The molecular weight excluding hydrogens is 380 g/mol. The summed E-state index contributed by atoms with van der Waals surface area (Å²) < 4.78 is 34.9. The molecule has 0 bridgehead atoms. The Morgan fingerprint density at radius 1 is 1.14 bits per heavy atom. The molecule has 1 aliphatic heterocycles. The van der Waals surface area contributed by atoms with E-state index in [9.17, 15) is 23.2 Å². The number of para-hydroxylation sites is 1. The molecule has 0 saturated carbocycles. The molecule has 1 aliphatic rings. The van der Waals surface area contributed by atoms with Gasteiger partial charge in [-0.15, -0.1) is 8.78 Å². The molecule has 1 aromatic rings. The highest BCUT2D eigenvalue weighted by Gasteiger charge is 2.44. The van der Waals surface area contributed by atoms with Gasteiger partial charge in [-0.05, 0) is 20.2 Å². The van der Waals surface area contributed by atoms with Crippen molar-refractivity contribution in [1.82, 2.24) is 10.6 Å². The molecule has 0 fully saturated rings. The van der Waals surface area contributed by atoms with Gasteiger partial charge in [-0.1, -0.05) is 12.1 Å². The molecule has 0 aromatic heterocycles. The quantitative estimate of drug-likeness (QED) is 0.396. The van der Waals surface area contributed by atoms with Crippen molar-refractivity contribution in [2.45, 2.75) is 25.2 Å². The molecule has 2 rings (SSSR count). The Bertz CT molecular complexity index is 687. The minimum atomic E-state index is -3.80. The average Bonchev–Trinajstić information content (AvgIpc) is 2.98. The topological polar surface area (TPSA) is 172 Å². The van der Waals surface area contributed by atoms with Crippen LogP contribution in [0.25, 0.3) is 0 Å². The summed E-state index contributed by atoms with van der Waals surface area (Å²) in [6.45, 7) is 0.